The minimum Gasteiger partial charge on any atom is -0.397 e. The average molecular weight is 329 g/mol. The summed E-state index contributed by atoms with van der Waals surface area (Å²) in [6.07, 6.45) is 0.775. The number of nitriles is 1. The fourth-order valence-electron chi connectivity index (χ4n) is 2.79. The van der Waals surface area contributed by atoms with Crippen molar-refractivity contribution in [3.8, 4) is 6.07 Å². The number of anilines is 1. The normalized spacial score (nSPS) is 12.2. The van der Waals surface area contributed by atoms with Crippen LogP contribution in [0.25, 0.3) is 10.9 Å². The van der Waals surface area contributed by atoms with Crippen LogP contribution in [-0.4, -0.2) is 10.2 Å². The fraction of sp³-hybridized carbons (Fsp3) is 0.176. The summed E-state index contributed by atoms with van der Waals surface area (Å²) in [4.78, 5) is 0. The molecule has 3 rings (SSSR count). The third-order valence-corrected chi connectivity index (χ3v) is 4.11. The van der Waals surface area contributed by atoms with E-state index in [9.17, 15) is 4.39 Å². The van der Waals surface area contributed by atoms with Crippen molar-refractivity contribution >= 4 is 28.2 Å². The summed E-state index contributed by atoms with van der Waals surface area (Å²) < 4.78 is 14.4. The minimum absolute atomic E-state index is 0.301. The van der Waals surface area contributed by atoms with Crippen LogP contribution in [0, 0.1) is 17.1 Å². The van der Waals surface area contributed by atoms with Gasteiger partial charge in [0.25, 0.3) is 0 Å². The number of para-hydroxylation sites is 1. The Kier molecular flexibility index (Phi) is 4.18. The van der Waals surface area contributed by atoms with Crippen molar-refractivity contribution in [3.63, 3.8) is 0 Å². The molecule has 4 nitrogen and oxygen atoms in total. The molecule has 0 aliphatic rings. The second-order valence-electron chi connectivity index (χ2n) is 5.30. The van der Waals surface area contributed by atoms with E-state index in [1.165, 1.54) is 6.07 Å². The molecule has 2 aromatic carbocycles. The first-order valence-electron chi connectivity index (χ1n) is 7.16. The van der Waals surface area contributed by atoms with Crippen molar-refractivity contribution in [1.29, 1.82) is 5.26 Å². The largest absolute Gasteiger partial charge is 0.397 e. The van der Waals surface area contributed by atoms with Gasteiger partial charge in [-0.2, -0.15) is 10.4 Å². The van der Waals surface area contributed by atoms with Gasteiger partial charge in [-0.1, -0.05) is 29.8 Å². The summed E-state index contributed by atoms with van der Waals surface area (Å²) in [6, 6.07) is 12.2. The maximum absolute atomic E-state index is 14.4. The lowest BCUT2D eigenvalue weighted by atomic mass is 9.89. The van der Waals surface area contributed by atoms with Crippen molar-refractivity contribution < 1.29 is 4.39 Å². The molecule has 3 aromatic rings. The third kappa shape index (κ3) is 2.86. The highest BCUT2D eigenvalue weighted by Crippen LogP contribution is 2.35. The van der Waals surface area contributed by atoms with Gasteiger partial charge < -0.3 is 5.73 Å². The molecule has 1 atom stereocenters. The number of aromatic amines is 1. The summed E-state index contributed by atoms with van der Waals surface area (Å²) in [5, 5.41) is 17.3. The van der Waals surface area contributed by atoms with E-state index in [0.717, 1.165) is 11.1 Å². The van der Waals surface area contributed by atoms with Crippen LogP contribution in [0.4, 0.5) is 10.1 Å². The van der Waals surface area contributed by atoms with E-state index in [4.69, 9.17) is 22.6 Å². The van der Waals surface area contributed by atoms with E-state index >= 15 is 0 Å². The molecule has 0 spiro atoms. The molecular weight excluding hydrogens is 315 g/mol. The third-order valence-electron chi connectivity index (χ3n) is 3.88. The summed E-state index contributed by atoms with van der Waals surface area (Å²) in [5.74, 6) is -0.717. The zero-order chi connectivity index (χ0) is 16.4. The predicted octanol–water partition coefficient (Wildman–Crippen LogP) is 4.37. The van der Waals surface area contributed by atoms with Crippen LogP contribution >= 0.6 is 11.6 Å². The van der Waals surface area contributed by atoms with Gasteiger partial charge in [0.15, 0.2) is 0 Å². The number of fused-ring (bicyclic) bond motifs is 1. The van der Waals surface area contributed by atoms with Crippen LogP contribution in [-0.2, 0) is 0 Å². The van der Waals surface area contributed by atoms with Gasteiger partial charge in [-0.15, -0.1) is 0 Å². The Bertz CT molecular complexity index is 897. The number of H-pyrrole nitrogens is 1. The summed E-state index contributed by atoms with van der Waals surface area (Å²) in [5.41, 5.74) is 8.38. The summed E-state index contributed by atoms with van der Waals surface area (Å²) in [7, 11) is 0. The standard InChI is InChI=1S/C17H14ClFN4/c18-10-6-7-11(14(19)9-10)12(4-2-8-20)16-13-3-1-5-15(21)17(13)23-22-16/h1,3,5-7,9,12H,2,4,21H2,(H,22,23). The Morgan fingerprint density at radius 3 is 2.91 bits per heavy atom. The molecule has 23 heavy (non-hydrogen) atoms. The first-order chi connectivity index (χ1) is 11.1. The van der Waals surface area contributed by atoms with Crippen molar-refractivity contribution in [3.05, 3.63) is 58.5 Å². The molecule has 0 fully saturated rings. The molecule has 1 heterocycles. The number of halogens is 2. The molecule has 0 saturated heterocycles. The topological polar surface area (TPSA) is 78.5 Å². The Morgan fingerprint density at radius 2 is 2.17 bits per heavy atom. The Hall–Kier alpha value is -2.58. The Labute approximate surface area is 137 Å². The molecule has 3 N–H and O–H groups in total. The van der Waals surface area contributed by atoms with Gasteiger partial charge in [0.1, 0.15) is 11.3 Å². The van der Waals surface area contributed by atoms with Gasteiger partial charge in [-0.05, 0) is 30.2 Å². The lowest BCUT2D eigenvalue weighted by molar-refractivity contribution is 0.584. The van der Waals surface area contributed by atoms with Gasteiger partial charge in [0, 0.05) is 22.7 Å². The Morgan fingerprint density at radius 1 is 1.35 bits per heavy atom. The Balaban J connectivity index is 2.15. The predicted molar refractivity (Wildman–Crippen MR) is 88.6 cm³/mol. The quantitative estimate of drug-likeness (QED) is 0.698. The van der Waals surface area contributed by atoms with E-state index in [1.54, 1.807) is 18.2 Å². The number of benzene rings is 2. The molecule has 0 amide bonds. The maximum atomic E-state index is 14.4. The van der Waals surface area contributed by atoms with Crippen molar-refractivity contribution in [2.24, 2.45) is 0 Å². The lowest BCUT2D eigenvalue weighted by Crippen LogP contribution is -2.05. The number of nitrogen functional groups attached to an aromatic ring is 1. The van der Waals surface area contributed by atoms with Crippen molar-refractivity contribution in [1.82, 2.24) is 10.2 Å². The van der Waals surface area contributed by atoms with Crippen LogP contribution in [0.3, 0.4) is 0 Å². The van der Waals surface area contributed by atoms with Crippen LogP contribution < -0.4 is 5.73 Å². The monoisotopic (exact) mass is 328 g/mol. The lowest BCUT2D eigenvalue weighted by Gasteiger charge is -2.16. The van der Waals surface area contributed by atoms with E-state index in [0.29, 0.717) is 34.6 Å². The zero-order valence-corrected chi connectivity index (χ0v) is 12.9. The number of nitrogens with zero attached hydrogens (tertiary/aromatic N) is 2. The summed E-state index contributed by atoms with van der Waals surface area (Å²) >= 11 is 5.84. The van der Waals surface area contributed by atoms with Gasteiger partial charge in [0.2, 0.25) is 0 Å². The second kappa shape index (κ2) is 6.27. The maximum Gasteiger partial charge on any atom is 0.128 e. The van der Waals surface area contributed by atoms with Crippen molar-refractivity contribution in [2.75, 3.05) is 5.73 Å². The van der Waals surface area contributed by atoms with Crippen LogP contribution in [0.1, 0.15) is 30.0 Å². The molecule has 1 aromatic heterocycles. The molecule has 0 radical (unpaired) electrons. The molecule has 0 saturated carbocycles. The highest BCUT2D eigenvalue weighted by Gasteiger charge is 2.22. The number of nitrogens with two attached hydrogens (primary N) is 1. The minimum atomic E-state index is -0.396. The zero-order valence-electron chi connectivity index (χ0n) is 12.2. The number of hydrogen-bond acceptors (Lipinski definition) is 3. The van der Waals surface area contributed by atoms with E-state index < -0.39 is 5.82 Å². The summed E-state index contributed by atoms with van der Waals surface area (Å²) in [6.45, 7) is 0. The van der Waals surface area contributed by atoms with Crippen LogP contribution in [0.2, 0.25) is 5.02 Å². The second-order valence-corrected chi connectivity index (χ2v) is 5.73. The SMILES string of the molecule is N#CCCC(c1ccc(Cl)cc1F)c1[nH]nc2c(N)cccc12. The molecule has 1 unspecified atom stereocenters. The number of nitrogens with one attached hydrogen (secondary N) is 1. The highest BCUT2D eigenvalue weighted by atomic mass is 35.5. The first-order valence-corrected chi connectivity index (χ1v) is 7.54. The van der Waals surface area contributed by atoms with E-state index in [-0.39, 0.29) is 5.92 Å². The average Bonchev–Trinajstić information content (AvgIpc) is 2.95. The van der Waals surface area contributed by atoms with E-state index in [2.05, 4.69) is 16.3 Å². The number of aromatic nitrogens is 2. The van der Waals surface area contributed by atoms with Gasteiger partial charge in [-0.3, -0.25) is 5.10 Å². The fourth-order valence-corrected chi connectivity index (χ4v) is 2.95. The number of rotatable bonds is 4. The number of hydrogen-bond donors (Lipinski definition) is 2. The van der Waals surface area contributed by atoms with Crippen LogP contribution in [0.5, 0.6) is 0 Å². The molecular formula is C17H14ClFN4. The molecule has 6 heteroatoms. The molecule has 0 bridgehead atoms. The smallest absolute Gasteiger partial charge is 0.128 e. The molecule has 116 valence electrons. The first kappa shape index (κ1) is 15.3. The highest BCUT2D eigenvalue weighted by molar-refractivity contribution is 6.30. The van der Waals surface area contributed by atoms with Crippen LogP contribution in [0.15, 0.2) is 36.4 Å². The van der Waals surface area contributed by atoms with Gasteiger partial charge in [0.05, 0.1) is 17.5 Å². The molecule has 0 aliphatic heterocycles. The van der Waals surface area contributed by atoms with E-state index in [1.807, 2.05) is 12.1 Å². The van der Waals surface area contributed by atoms with Gasteiger partial charge in [-0.25, -0.2) is 4.39 Å². The molecule has 0 aliphatic carbocycles. The van der Waals surface area contributed by atoms with Crippen molar-refractivity contribution in [2.45, 2.75) is 18.8 Å². The van der Waals surface area contributed by atoms with Gasteiger partial charge >= 0.3 is 0 Å².